The van der Waals surface area contributed by atoms with E-state index in [-0.39, 0.29) is 0 Å². The summed E-state index contributed by atoms with van der Waals surface area (Å²) in [5.41, 5.74) is 6.99. The molecule has 0 saturated heterocycles. The van der Waals surface area contributed by atoms with E-state index in [0.717, 1.165) is 17.4 Å². The summed E-state index contributed by atoms with van der Waals surface area (Å²) in [6, 6.07) is 8.12. The number of fused-ring (bicyclic) bond motifs is 1. The first-order chi connectivity index (χ1) is 7.33. The molecule has 80 valence electrons. The highest BCUT2D eigenvalue weighted by atomic mass is 15.3. The fraction of sp³-hybridized carbons (Fsp3) is 0.417. The number of benzene rings is 1. The van der Waals surface area contributed by atoms with Gasteiger partial charge in [-0.2, -0.15) is 5.10 Å². The Morgan fingerprint density at radius 3 is 2.87 bits per heavy atom. The van der Waals surface area contributed by atoms with Crippen molar-refractivity contribution < 1.29 is 0 Å². The lowest BCUT2D eigenvalue weighted by Gasteiger charge is -2.01. The van der Waals surface area contributed by atoms with Crippen LogP contribution >= 0.6 is 0 Å². The second kappa shape index (κ2) is 4.34. The second-order valence-corrected chi connectivity index (χ2v) is 3.83. The number of anilines is 1. The molecule has 0 saturated carbocycles. The highest BCUT2D eigenvalue weighted by Crippen LogP contribution is 2.20. The number of hydrogen-bond donors (Lipinski definition) is 1. The van der Waals surface area contributed by atoms with Gasteiger partial charge in [-0.25, -0.2) is 0 Å². The molecule has 2 N–H and O–H groups in total. The minimum atomic E-state index is 0.641. The van der Waals surface area contributed by atoms with Gasteiger partial charge in [0.15, 0.2) is 5.82 Å². The molecule has 0 aliphatic carbocycles. The van der Waals surface area contributed by atoms with Crippen LogP contribution in [0.25, 0.3) is 10.9 Å². The standard InChI is InChI=1S/C12H17N3/c1-2-3-6-9-15-11-8-5-4-7-10(11)12(13)14-15/h4-5,7-8H,2-3,6,9H2,1H3,(H2,13,14). The third kappa shape index (κ3) is 1.96. The van der Waals surface area contributed by atoms with Crippen molar-refractivity contribution in [2.24, 2.45) is 0 Å². The first-order valence-electron chi connectivity index (χ1n) is 5.54. The Kier molecular flexibility index (Phi) is 2.90. The highest BCUT2D eigenvalue weighted by Gasteiger charge is 2.05. The van der Waals surface area contributed by atoms with Crippen LogP contribution in [0.15, 0.2) is 24.3 Å². The van der Waals surface area contributed by atoms with Gasteiger partial charge in [0.2, 0.25) is 0 Å². The van der Waals surface area contributed by atoms with Gasteiger partial charge in [-0.1, -0.05) is 31.9 Å². The number of hydrogen-bond acceptors (Lipinski definition) is 2. The molecular weight excluding hydrogens is 186 g/mol. The fourth-order valence-corrected chi connectivity index (χ4v) is 1.84. The lowest BCUT2D eigenvalue weighted by Crippen LogP contribution is -2.00. The van der Waals surface area contributed by atoms with Crippen molar-refractivity contribution in [2.45, 2.75) is 32.7 Å². The van der Waals surface area contributed by atoms with Crippen molar-refractivity contribution in [1.82, 2.24) is 9.78 Å². The first-order valence-corrected chi connectivity index (χ1v) is 5.54. The van der Waals surface area contributed by atoms with Gasteiger partial charge in [0, 0.05) is 11.9 Å². The van der Waals surface area contributed by atoms with E-state index in [1.807, 2.05) is 22.9 Å². The predicted molar refractivity (Wildman–Crippen MR) is 63.7 cm³/mol. The van der Waals surface area contributed by atoms with Crippen LogP contribution in [-0.4, -0.2) is 9.78 Å². The second-order valence-electron chi connectivity index (χ2n) is 3.83. The Morgan fingerprint density at radius 2 is 2.07 bits per heavy atom. The van der Waals surface area contributed by atoms with Gasteiger partial charge in [-0.3, -0.25) is 4.68 Å². The Hall–Kier alpha value is -1.51. The minimum Gasteiger partial charge on any atom is -0.382 e. The van der Waals surface area contributed by atoms with E-state index in [0.29, 0.717) is 5.82 Å². The number of unbranched alkanes of at least 4 members (excludes halogenated alkanes) is 2. The van der Waals surface area contributed by atoms with Crippen molar-refractivity contribution in [3.63, 3.8) is 0 Å². The Labute approximate surface area is 89.9 Å². The molecule has 0 aliphatic heterocycles. The normalized spacial score (nSPS) is 11.0. The van der Waals surface area contributed by atoms with Crippen molar-refractivity contribution in [3.8, 4) is 0 Å². The van der Waals surface area contributed by atoms with E-state index in [2.05, 4.69) is 18.1 Å². The SMILES string of the molecule is CCCCCn1nc(N)c2ccccc21. The molecule has 2 rings (SSSR count). The molecule has 15 heavy (non-hydrogen) atoms. The molecule has 0 radical (unpaired) electrons. The maximum atomic E-state index is 5.85. The zero-order valence-corrected chi connectivity index (χ0v) is 9.11. The molecule has 3 heteroatoms. The third-order valence-corrected chi connectivity index (χ3v) is 2.66. The average molecular weight is 203 g/mol. The molecule has 0 spiro atoms. The van der Waals surface area contributed by atoms with Gasteiger partial charge in [0.1, 0.15) is 0 Å². The molecule has 0 fully saturated rings. The summed E-state index contributed by atoms with van der Waals surface area (Å²) in [4.78, 5) is 0. The summed E-state index contributed by atoms with van der Waals surface area (Å²) >= 11 is 0. The van der Waals surface area contributed by atoms with Gasteiger partial charge in [-0.15, -0.1) is 0 Å². The minimum absolute atomic E-state index is 0.641. The number of nitrogens with two attached hydrogens (primary N) is 1. The molecular formula is C12H17N3. The van der Waals surface area contributed by atoms with Gasteiger partial charge < -0.3 is 5.73 Å². The molecule has 1 heterocycles. The monoisotopic (exact) mass is 203 g/mol. The van der Waals surface area contributed by atoms with E-state index in [4.69, 9.17) is 5.73 Å². The summed E-state index contributed by atoms with van der Waals surface area (Å²) < 4.78 is 2.01. The zero-order chi connectivity index (χ0) is 10.7. The fourth-order valence-electron chi connectivity index (χ4n) is 1.84. The van der Waals surface area contributed by atoms with E-state index >= 15 is 0 Å². The summed E-state index contributed by atoms with van der Waals surface area (Å²) in [7, 11) is 0. The first kappa shape index (κ1) is 10.0. The largest absolute Gasteiger partial charge is 0.382 e. The van der Waals surface area contributed by atoms with Crippen LogP contribution in [0.5, 0.6) is 0 Å². The van der Waals surface area contributed by atoms with Crippen LogP contribution in [0.1, 0.15) is 26.2 Å². The summed E-state index contributed by atoms with van der Waals surface area (Å²) in [5.74, 6) is 0.641. The van der Waals surface area contributed by atoms with Crippen molar-refractivity contribution in [2.75, 3.05) is 5.73 Å². The van der Waals surface area contributed by atoms with Crippen LogP contribution < -0.4 is 5.73 Å². The smallest absolute Gasteiger partial charge is 0.153 e. The maximum absolute atomic E-state index is 5.85. The number of aryl methyl sites for hydroxylation is 1. The summed E-state index contributed by atoms with van der Waals surface area (Å²) in [6.45, 7) is 3.17. The van der Waals surface area contributed by atoms with Gasteiger partial charge >= 0.3 is 0 Å². The van der Waals surface area contributed by atoms with Crippen molar-refractivity contribution >= 4 is 16.7 Å². The topological polar surface area (TPSA) is 43.8 Å². The molecule has 1 aromatic carbocycles. The molecule has 2 aromatic rings. The van der Waals surface area contributed by atoms with E-state index in [1.165, 1.54) is 19.3 Å². The summed E-state index contributed by atoms with van der Waals surface area (Å²) in [6.07, 6.45) is 3.64. The van der Waals surface area contributed by atoms with E-state index < -0.39 is 0 Å². The molecule has 0 aliphatic rings. The highest BCUT2D eigenvalue weighted by molar-refractivity contribution is 5.88. The van der Waals surface area contributed by atoms with Gasteiger partial charge in [-0.05, 0) is 18.6 Å². The van der Waals surface area contributed by atoms with Gasteiger partial charge in [0.25, 0.3) is 0 Å². The molecule has 3 nitrogen and oxygen atoms in total. The van der Waals surface area contributed by atoms with E-state index in [1.54, 1.807) is 0 Å². The summed E-state index contributed by atoms with van der Waals surface area (Å²) in [5, 5.41) is 5.42. The lowest BCUT2D eigenvalue weighted by atomic mass is 10.2. The molecule has 0 amide bonds. The van der Waals surface area contributed by atoms with Crippen LogP contribution in [-0.2, 0) is 6.54 Å². The Bertz CT molecular complexity index is 445. The van der Waals surface area contributed by atoms with Crippen molar-refractivity contribution in [3.05, 3.63) is 24.3 Å². The molecule has 0 unspecified atom stereocenters. The number of para-hydroxylation sites is 1. The van der Waals surface area contributed by atoms with Crippen LogP contribution in [0.4, 0.5) is 5.82 Å². The molecule has 0 bridgehead atoms. The zero-order valence-electron chi connectivity index (χ0n) is 9.11. The number of rotatable bonds is 4. The van der Waals surface area contributed by atoms with Crippen LogP contribution in [0.3, 0.4) is 0 Å². The predicted octanol–water partition coefficient (Wildman–Crippen LogP) is 2.81. The van der Waals surface area contributed by atoms with Crippen molar-refractivity contribution in [1.29, 1.82) is 0 Å². The maximum Gasteiger partial charge on any atom is 0.153 e. The number of nitrogens with zero attached hydrogens (tertiary/aromatic N) is 2. The number of nitrogen functional groups attached to an aromatic ring is 1. The molecule has 1 aromatic heterocycles. The van der Waals surface area contributed by atoms with Crippen LogP contribution in [0.2, 0.25) is 0 Å². The lowest BCUT2D eigenvalue weighted by molar-refractivity contribution is 0.569. The average Bonchev–Trinajstić information content (AvgIpc) is 2.58. The number of aromatic nitrogens is 2. The molecule has 0 atom stereocenters. The third-order valence-electron chi connectivity index (χ3n) is 2.66. The Balaban J connectivity index is 2.27. The van der Waals surface area contributed by atoms with Crippen LogP contribution in [0, 0.1) is 0 Å². The van der Waals surface area contributed by atoms with Gasteiger partial charge in [0.05, 0.1) is 5.52 Å². The Morgan fingerprint density at radius 1 is 1.27 bits per heavy atom. The van der Waals surface area contributed by atoms with E-state index in [9.17, 15) is 0 Å². The quantitative estimate of drug-likeness (QED) is 0.776.